The Morgan fingerprint density at radius 1 is 1.08 bits per heavy atom. The van der Waals surface area contributed by atoms with E-state index in [1.807, 2.05) is 54.6 Å². The minimum Gasteiger partial charge on any atom is -0.298 e. The molecule has 1 aromatic heterocycles. The van der Waals surface area contributed by atoms with Crippen molar-refractivity contribution in [2.75, 3.05) is 0 Å². The number of hydrogen-bond acceptors (Lipinski definition) is 3. The molecule has 0 spiro atoms. The number of rotatable bonds is 6. The number of allylic oxidation sites excluding steroid dienone is 1. The van der Waals surface area contributed by atoms with Crippen LogP contribution in [0.3, 0.4) is 0 Å². The predicted octanol–water partition coefficient (Wildman–Crippen LogP) is 5.84. The zero-order valence-corrected chi connectivity index (χ0v) is 16.0. The Morgan fingerprint density at radius 3 is 2.46 bits per heavy atom. The van der Waals surface area contributed by atoms with Crippen LogP contribution in [0.25, 0.3) is 11.4 Å². The van der Waals surface area contributed by atoms with Crippen molar-refractivity contribution in [2.45, 2.75) is 17.5 Å². The summed E-state index contributed by atoms with van der Waals surface area (Å²) in [6.45, 7) is 4.51. The highest BCUT2D eigenvalue weighted by molar-refractivity contribution is 9.10. The van der Waals surface area contributed by atoms with Crippen molar-refractivity contribution in [3.8, 4) is 11.4 Å². The molecule has 3 aromatic rings. The Morgan fingerprint density at radius 2 is 1.79 bits per heavy atom. The number of aromatic nitrogens is 3. The second-order valence-corrected chi connectivity index (χ2v) is 7.42. The number of thioether (sulfide) groups is 1. The van der Waals surface area contributed by atoms with Crippen molar-refractivity contribution in [3.63, 3.8) is 0 Å². The highest BCUT2D eigenvalue weighted by Gasteiger charge is 2.13. The summed E-state index contributed by atoms with van der Waals surface area (Å²) in [5.74, 6) is 1.66. The lowest BCUT2D eigenvalue weighted by molar-refractivity contribution is 0.731. The molecule has 0 saturated carbocycles. The van der Waals surface area contributed by atoms with Crippen LogP contribution in [0, 0.1) is 0 Å². The van der Waals surface area contributed by atoms with Crippen LogP contribution in [0.5, 0.6) is 0 Å². The van der Waals surface area contributed by atoms with Crippen molar-refractivity contribution in [3.05, 3.63) is 76.2 Å². The number of nitrogens with zero attached hydrogens (tertiary/aromatic N) is 3. The minimum atomic E-state index is 0.668. The Hall–Kier alpha value is -1.56. The summed E-state index contributed by atoms with van der Waals surface area (Å²) in [4.78, 5) is 0. The van der Waals surface area contributed by atoms with Crippen LogP contribution < -0.4 is 0 Å². The Kier molecular flexibility index (Phi) is 5.76. The average molecular weight is 421 g/mol. The van der Waals surface area contributed by atoms with E-state index in [1.165, 1.54) is 5.56 Å². The van der Waals surface area contributed by atoms with Crippen LogP contribution >= 0.6 is 39.3 Å². The van der Waals surface area contributed by atoms with E-state index < -0.39 is 0 Å². The summed E-state index contributed by atoms with van der Waals surface area (Å²) in [6.07, 6.45) is 1.86. The van der Waals surface area contributed by atoms with Gasteiger partial charge in [-0.2, -0.15) is 0 Å². The minimum absolute atomic E-state index is 0.668. The maximum absolute atomic E-state index is 5.93. The molecule has 0 aliphatic heterocycles. The van der Waals surface area contributed by atoms with Crippen LogP contribution in [0.15, 0.2) is 70.8 Å². The van der Waals surface area contributed by atoms with Crippen molar-refractivity contribution in [1.82, 2.24) is 14.8 Å². The average Bonchev–Trinajstić information content (AvgIpc) is 2.98. The smallest absolute Gasteiger partial charge is 0.192 e. The molecule has 0 amide bonds. The van der Waals surface area contributed by atoms with Gasteiger partial charge in [-0.25, -0.2) is 0 Å². The van der Waals surface area contributed by atoms with E-state index in [1.54, 1.807) is 11.8 Å². The first-order valence-corrected chi connectivity index (χ1v) is 9.50. The monoisotopic (exact) mass is 419 g/mol. The van der Waals surface area contributed by atoms with Crippen molar-refractivity contribution in [1.29, 1.82) is 0 Å². The molecule has 3 rings (SSSR count). The fourth-order valence-corrected chi connectivity index (χ4v) is 3.52. The molecule has 0 saturated heterocycles. The van der Waals surface area contributed by atoms with Gasteiger partial charge in [0.2, 0.25) is 0 Å². The molecular weight excluding hydrogens is 406 g/mol. The lowest BCUT2D eigenvalue weighted by Gasteiger charge is -2.08. The predicted molar refractivity (Wildman–Crippen MR) is 104 cm³/mol. The quantitative estimate of drug-likeness (QED) is 0.371. The van der Waals surface area contributed by atoms with Crippen LogP contribution in [0.4, 0.5) is 0 Å². The molecule has 0 bridgehead atoms. The van der Waals surface area contributed by atoms with E-state index >= 15 is 0 Å². The lowest BCUT2D eigenvalue weighted by Crippen LogP contribution is -2.00. The first-order valence-electron chi connectivity index (χ1n) is 7.34. The second kappa shape index (κ2) is 8.01. The third-order valence-corrected chi connectivity index (χ3v) is 5.23. The van der Waals surface area contributed by atoms with Gasteiger partial charge in [-0.3, -0.25) is 4.57 Å². The molecule has 122 valence electrons. The highest BCUT2D eigenvalue weighted by Crippen LogP contribution is 2.27. The highest BCUT2D eigenvalue weighted by atomic mass is 79.9. The number of halogens is 2. The van der Waals surface area contributed by atoms with Gasteiger partial charge in [0.05, 0.1) is 0 Å². The van der Waals surface area contributed by atoms with Gasteiger partial charge in [0.15, 0.2) is 11.0 Å². The summed E-state index contributed by atoms with van der Waals surface area (Å²) < 4.78 is 3.12. The van der Waals surface area contributed by atoms with E-state index in [9.17, 15) is 0 Å². The fraction of sp³-hybridized carbons (Fsp3) is 0.111. The zero-order valence-electron chi connectivity index (χ0n) is 12.8. The largest absolute Gasteiger partial charge is 0.298 e. The zero-order chi connectivity index (χ0) is 16.9. The van der Waals surface area contributed by atoms with Gasteiger partial charge in [-0.1, -0.05) is 69.6 Å². The topological polar surface area (TPSA) is 30.7 Å². The molecule has 2 aromatic carbocycles. The van der Waals surface area contributed by atoms with Crippen molar-refractivity contribution in [2.24, 2.45) is 0 Å². The van der Waals surface area contributed by atoms with Crippen molar-refractivity contribution >= 4 is 39.3 Å². The van der Waals surface area contributed by atoms with Crippen LogP contribution in [0.2, 0.25) is 5.02 Å². The number of benzene rings is 2. The van der Waals surface area contributed by atoms with E-state index in [-0.39, 0.29) is 0 Å². The van der Waals surface area contributed by atoms with Gasteiger partial charge in [-0.15, -0.1) is 16.8 Å². The van der Waals surface area contributed by atoms with Crippen LogP contribution in [-0.2, 0) is 12.3 Å². The van der Waals surface area contributed by atoms with Gasteiger partial charge in [0.1, 0.15) is 0 Å². The second-order valence-electron chi connectivity index (χ2n) is 5.13. The van der Waals surface area contributed by atoms with E-state index in [0.717, 1.165) is 31.8 Å². The van der Waals surface area contributed by atoms with Crippen molar-refractivity contribution < 1.29 is 0 Å². The summed E-state index contributed by atoms with van der Waals surface area (Å²) >= 11 is 11.0. The molecule has 0 atom stereocenters. The molecule has 1 heterocycles. The Labute approximate surface area is 158 Å². The SMILES string of the molecule is C=CCn1c(SCc2ccc(Cl)cc2)nnc1-c1ccc(Br)cc1. The molecule has 24 heavy (non-hydrogen) atoms. The van der Waals surface area contributed by atoms with E-state index in [0.29, 0.717) is 6.54 Å². The third-order valence-electron chi connectivity index (χ3n) is 3.41. The lowest BCUT2D eigenvalue weighted by atomic mass is 10.2. The molecule has 3 nitrogen and oxygen atoms in total. The maximum atomic E-state index is 5.93. The summed E-state index contributed by atoms with van der Waals surface area (Å²) in [5, 5.41) is 10.3. The summed E-state index contributed by atoms with van der Waals surface area (Å²) in [5.41, 5.74) is 2.23. The molecule has 0 fully saturated rings. The number of hydrogen-bond donors (Lipinski definition) is 0. The van der Waals surface area contributed by atoms with Gasteiger partial charge in [0, 0.05) is 27.4 Å². The molecule has 0 unspecified atom stereocenters. The third kappa shape index (κ3) is 4.09. The van der Waals surface area contributed by atoms with E-state index in [4.69, 9.17) is 11.6 Å². The van der Waals surface area contributed by atoms with Gasteiger partial charge in [0.25, 0.3) is 0 Å². The molecule has 0 aliphatic rings. The Bertz CT molecular complexity index is 828. The standard InChI is InChI=1S/C18H15BrClN3S/c1-2-11-23-17(14-5-7-15(19)8-6-14)21-22-18(23)24-12-13-3-9-16(20)10-4-13/h2-10H,1,11-12H2. The van der Waals surface area contributed by atoms with Gasteiger partial charge >= 0.3 is 0 Å². The maximum Gasteiger partial charge on any atom is 0.192 e. The van der Waals surface area contributed by atoms with Gasteiger partial charge < -0.3 is 0 Å². The first-order chi connectivity index (χ1) is 11.7. The molecule has 0 radical (unpaired) electrons. The fourth-order valence-electron chi connectivity index (χ4n) is 2.23. The first kappa shape index (κ1) is 17.3. The molecule has 6 heteroatoms. The molecular formula is C18H15BrClN3S. The van der Waals surface area contributed by atoms with Crippen LogP contribution in [0.1, 0.15) is 5.56 Å². The summed E-state index contributed by atoms with van der Waals surface area (Å²) in [6, 6.07) is 15.9. The Balaban J connectivity index is 1.84. The van der Waals surface area contributed by atoms with Crippen LogP contribution in [-0.4, -0.2) is 14.8 Å². The van der Waals surface area contributed by atoms with Gasteiger partial charge in [-0.05, 0) is 29.8 Å². The summed E-state index contributed by atoms with van der Waals surface area (Å²) in [7, 11) is 0. The normalized spacial score (nSPS) is 10.8. The molecule has 0 aliphatic carbocycles. The van der Waals surface area contributed by atoms with E-state index in [2.05, 4.69) is 37.3 Å². The molecule has 0 N–H and O–H groups in total.